The zero-order chi connectivity index (χ0) is 22.9. The van der Waals surface area contributed by atoms with Crippen molar-refractivity contribution in [1.82, 2.24) is 10.3 Å². The highest BCUT2D eigenvalue weighted by Crippen LogP contribution is 2.38. The lowest BCUT2D eigenvalue weighted by atomic mass is 9.95. The number of carbonyl (C=O) groups excluding carboxylic acids is 2. The van der Waals surface area contributed by atoms with Crippen LogP contribution in [0, 0.1) is 0 Å². The van der Waals surface area contributed by atoms with E-state index in [0.717, 1.165) is 17.4 Å². The molecule has 2 aromatic rings. The Morgan fingerprint density at radius 2 is 2.10 bits per heavy atom. The maximum atomic E-state index is 13.9. The summed E-state index contributed by atoms with van der Waals surface area (Å²) in [7, 11) is 1.37. The fraction of sp³-hybridized carbons (Fsp3) is 0.278. The Balaban J connectivity index is 1.73. The van der Waals surface area contributed by atoms with E-state index in [9.17, 15) is 27.2 Å². The molecule has 2 heterocycles. The van der Waals surface area contributed by atoms with Crippen LogP contribution in [0.5, 0.6) is 0 Å². The number of halogens is 5. The molecular weight excluding hydrogens is 464 g/mol. The lowest BCUT2D eigenvalue weighted by Gasteiger charge is -2.20. The first-order valence-electron chi connectivity index (χ1n) is 8.67. The Morgan fingerprint density at radius 1 is 1.39 bits per heavy atom. The van der Waals surface area contributed by atoms with Gasteiger partial charge in [-0.3, -0.25) is 9.59 Å². The van der Waals surface area contributed by atoms with Crippen LogP contribution in [-0.2, 0) is 11.2 Å². The summed E-state index contributed by atoms with van der Waals surface area (Å²) in [5, 5.41) is 6.27. The Kier molecular flexibility index (Phi) is 6.41. The first-order valence-corrected chi connectivity index (χ1v) is 9.93. The molecule has 31 heavy (non-hydrogen) atoms. The van der Waals surface area contributed by atoms with E-state index in [1.807, 2.05) is 0 Å². The number of nitrogens with one attached hydrogen (secondary N) is 2. The van der Waals surface area contributed by atoms with Crippen molar-refractivity contribution in [3.05, 3.63) is 45.1 Å². The first-order chi connectivity index (χ1) is 14.5. The minimum absolute atomic E-state index is 0.0592. The van der Waals surface area contributed by atoms with Crippen LogP contribution in [0.1, 0.15) is 28.0 Å². The fourth-order valence-electron chi connectivity index (χ4n) is 2.92. The number of carbonyl (C=O) groups is 2. The molecule has 13 heteroatoms. The molecule has 7 nitrogen and oxygen atoms in total. The molecule has 0 aromatic carbocycles. The fourth-order valence-corrected chi connectivity index (χ4v) is 3.91. The molecule has 1 aliphatic rings. The van der Waals surface area contributed by atoms with Crippen molar-refractivity contribution >= 4 is 51.3 Å². The van der Waals surface area contributed by atoms with Crippen molar-refractivity contribution in [2.24, 2.45) is 0 Å². The van der Waals surface area contributed by atoms with Gasteiger partial charge < -0.3 is 20.8 Å². The van der Waals surface area contributed by atoms with E-state index >= 15 is 0 Å². The van der Waals surface area contributed by atoms with Crippen molar-refractivity contribution in [2.45, 2.75) is 25.2 Å². The maximum Gasteiger partial charge on any atom is 0.415 e. The van der Waals surface area contributed by atoms with Gasteiger partial charge in [0.15, 0.2) is 10.4 Å². The summed E-state index contributed by atoms with van der Waals surface area (Å²) in [6.07, 6.45) is -5.92. The molecule has 3 rings (SSSR count). The largest absolute Gasteiger partial charge is 0.428 e. The van der Waals surface area contributed by atoms with E-state index in [4.69, 9.17) is 21.8 Å². The van der Waals surface area contributed by atoms with Gasteiger partial charge >= 0.3 is 6.18 Å². The molecule has 1 unspecified atom stereocenters. The van der Waals surface area contributed by atoms with E-state index in [1.54, 1.807) is 0 Å². The van der Waals surface area contributed by atoms with E-state index in [-0.39, 0.29) is 45.0 Å². The van der Waals surface area contributed by atoms with Crippen LogP contribution in [0.2, 0.25) is 5.22 Å². The van der Waals surface area contributed by atoms with Crippen molar-refractivity contribution in [3.8, 4) is 0 Å². The Labute approximate surface area is 182 Å². The molecule has 0 saturated heterocycles. The molecular formula is C18H15ClF4N4O3S. The topological polar surface area (TPSA) is 110 Å². The van der Waals surface area contributed by atoms with E-state index in [2.05, 4.69) is 15.6 Å². The monoisotopic (exact) mass is 478 g/mol. The molecule has 1 atom stereocenters. The second-order valence-corrected chi connectivity index (χ2v) is 7.62. The number of nitrogens with zero attached hydrogens (tertiary/aromatic N) is 1. The summed E-state index contributed by atoms with van der Waals surface area (Å²) in [6, 6.07) is 0. The van der Waals surface area contributed by atoms with Crippen LogP contribution in [0.3, 0.4) is 0 Å². The van der Waals surface area contributed by atoms with Gasteiger partial charge in [0.1, 0.15) is 11.7 Å². The number of rotatable bonds is 5. The predicted molar refractivity (Wildman–Crippen MR) is 108 cm³/mol. The molecule has 4 N–H and O–H groups in total. The number of aromatic nitrogens is 1. The van der Waals surface area contributed by atoms with Gasteiger partial charge in [-0.15, -0.1) is 11.3 Å². The molecule has 0 bridgehead atoms. The Bertz CT molecular complexity index is 1090. The van der Waals surface area contributed by atoms with Gasteiger partial charge in [-0.1, -0.05) is 12.2 Å². The molecule has 1 aliphatic carbocycles. The van der Waals surface area contributed by atoms with Gasteiger partial charge in [0.2, 0.25) is 11.8 Å². The molecule has 0 aliphatic heterocycles. The minimum atomic E-state index is -4.74. The number of nitrogen functional groups attached to an aromatic ring is 1. The zero-order valence-electron chi connectivity index (χ0n) is 15.8. The van der Waals surface area contributed by atoms with Crippen molar-refractivity contribution in [2.75, 3.05) is 18.1 Å². The van der Waals surface area contributed by atoms with Gasteiger partial charge in [0.25, 0.3) is 5.91 Å². The van der Waals surface area contributed by atoms with Crippen LogP contribution in [0.15, 0.2) is 27.5 Å². The first kappa shape index (κ1) is 22.8. The number of nitrogens with two attached hydrogens (primary N) is 1. The lowest BCUT2D eigenvalue weighted by Crippen LogP contribution is -2.23. The number of furan rings is 1. The van der Waals surface area contributed by atoms with E-state index in [1.165, 1.54) is 12.4 Å². The zero-order valence-corrected chi connectivity index (χ0v) is 17.3. The number of hydrogen-bond acceptors (Lipinski definition) is 6. The summed E-state index contributed by atoms with van der Waals surface area (Å²) in [5.41, 5.74) is 4.91. The predicted octanol–water partition coefficient (Wildman–Crippen LogP) is 4.13. The van der Waals surface area contributed by atoms with Gasteiger partial charge in [-0.25, -0.2) is 9.37 Å². The average molecular weight is 479 g/mol. The quantitative estimate of drug-likeness (QED) is 0.560. The standard InChI is InChI=1S/C18H15ClF4N4O3S/c1-25-16(29)13-8(14(19)30-15(13)24)5-12(28)27-17-26-11(6-31-17)7-2-3-9(10(20)4-7)18(21,22)23/h2-3,6,10H,4-5,24H2,1H3,(H,25,29)(H,26,27,28). The van der Waals surface area contributed by atoms with Crippen LogP contribution in [0.4, 0.5) is 28.6 Å². The van der Waals surface area contributed by atoms with Crippen molar-refractivity contribution in [1.29, 1.82) is 0 Å². The molecule has 0 saturated carbocycles. The second-order valence-electron chi connectivity index (χ2n) is 6.42. The van der Waals surface area contributed by atoms with Crippen LogP contribution in [0.25, 0.3) is 5.57 Å². The number of hydrogen-bond donors (Lipinski definition) is 3. The van der Waals surface area contributed by atoms with Gasteiger partial charge in [-0.2, -0.15) is 13.2 Å². The SMILES string of the molecule is CNC(=O)c1c(N)oc(Cl)c1CC(=O)Nc1nc(C2=CC=C(C(F)(F)F)C(F)C2)cs1. The number of thiazole rings is 1. The van der Waals surface area contributed by atoms with Gasteiger partial charge in [0, 0.05) is 24.4 Å². The Morgan fingerprint density at radius 3 is 2.71 bits per heavy atom. The normalized spacial score (nSPS) is 16.5. The smallest absolute Gasteiger partial charge is 0.415 e. The summed E-state index contributed by atoms with van der Waals surface area (Å²) in [4.78, 5) is 28.4. The molecule has 0 fully saturated rings. The van der Waals surface area contributed by atoms with E-state index < -0.39 is 36.2 Å². The summed E-state index contributed by atoms with van der Waals surface area (Å²) >= 11 is 6.92. The van der Waals surface area contributed by atoms with Crippen LogP contribution < -0.4 is 16.4 Å². The summed E-state index contributed by atoms with van der Waals surface area (Å²) in [6.45, 7) is 0. The molecule has 0 radical (unpaired) electrons. The minimum Gasteiger partial charge on any atom is -0.428 e. The number of anilines is 2. The highest BCUT2D eigenvalue weighted by Gasteiger charge is 2.40. The molecule has 166 valence electrons. The summed E-state index contributed by atoms with van der Waals surface area (Å²) in [5.74, 6) is -1.40. The number of alkyl halides is 4. The Hall–Kier alpha value is -2.86. The van der Waals surface area contributed by atoms with Crippen LogP contribution >= 0.6 is 22.9 Å². The van der Waals surface area contributed by atoms with Crippen molar-refractivity contribution < 1.29 is 31.6 Å². The van der Waals surface area contributed by atoms with Gasteiger partial charge in [-0.05, 0) is 17.2 Å². The van der Waals surface area contributed by atoms with Gasteiger partial charge in [0.05, 0.1) is 17.7 Å². The highest BCUT2D eigenvalue weighted by molar-refractivity contribution is 7.14. The second kappa shape index (κ2) is 8.71. The van der Waals surface area contributed by atoms with E-state index in [0.29, 0.717) is 6.08 Å². The third kappa shape index (κ3) is 4.90. The lowest BCUT2D eigenvalue weighted by molar-refractivity contribution is -0.115. The third-order valence-corrected chi connectivity index (χ3v) is 5.45. The third-order valence-electron chi connectivity index (χ3n) is 4.38. The van der Waals surface area contributed by atoms with Crippen LogP contribution in [-0.4, -0.2) is 36.2 Å². The molecule has 2 amide bonds. The number of amides is 2. The average Bonchev–Trinajstić information content (AvgIpc) is 3.24. The number of allylic oxidation sites excluding steroid dienone is 4. The summed E-state index contributed by atoms with van der Waals surface area (Å²) < 4.78 is 57.1. The van der Waals surface area contributed by atoms with Crippen molar-refractivity contribution in [3.63, 3.8) is 0 Å². The maximum absolute atomic E-state index is 13.9. The highest BCUT2D eigenvalue weighted by atomic mass is 35.5. The molecule has 0 spiro atoms. The molecule has 2 aromatic heterocycles.